The summed E-state index contributed by atoms with van der Waals surface area (Å²) in [4.78, 5) is 11.4. The second kappa shape index (κ2) is 6.58. The van der Waals surface area contributed by atoms with Gasteiger partial charge in [0.25, 0.3) is 0 Å². The largest absolute Gasteiger partial charge is 0.288 e. The molecule has 0 bridgehead atoms. The topological polar surface area (TPSA) is 34.9 Å². The van der Waals surface area contributed by atoms with Crippen molar-refractivity contribution in [2.45, 2.75) is 13.3 Å². The van der Waals surface area contributed by atoms with E-state index in [0.29, 0.717) is 17.8 Å². The number of allylic oxidation sites excluding steroid dienone is 5. The van der Waals surface area contributed by atoms with E-state index >= 15 is 0 Å². The van der Waals surface area contributed by atoms with Crippen LogP contribution < -0.4 is 5.43 Å². The van der Waals surface area contributed by atoms with E-state index in [1.165, 1.54) is 23.0 Å². The van der Waals surface area contributed by atoms with Gasteiger partial charge in [-0.2, -0.15) is 5.10 Å². The highest BCUT2D eigenvalue weighted by molar-refractivity contribution is 5.56. The molecule has 90 valence electrons. The van der Waals surface area contributed by atoms with Crippen molar-refractivity contribution in [3.63, 3.8) is 0 Å². The highest BCUT2D eigenvalue weighted by Gasteiger charge is 2.01. The Hall–Kier alpha value is -1.97. The summed E-state index contributed by atoms with van der Waals surface area (Å²) < 4.78 is 13.9. The van der Waals surface area contributed by atoms with Gasteiger partial charge in [-0.3, -0.25) is 4.79 Å². The van der Waals surface area contributed by atoms with Gasteiger partial charge in [-0.05, 0) is 18.6 Å². The summed E-state index contributed by atoms with van der Waals surface area (Å²) in [5, 5.41) is 4.15. The Bertz CT molecular complexity index is 500. The monoisotopic (exact) mass is 234 g/mol. The summed E-state index contributed by atoms with van der Waals surface area (Å²) in [7, 11) is 0. The average Bonchev–Trinajstić information content (AvgIpc) is 2.35. The molecule has 0 saturated heterocycles. The molecule has 0 unspecified atom stereocenters. The van der Waals surface area contributed by atoms with Crippen LogP contribution in [0, 0.1) is 0 Å². The number of hydrogen-bond donors (Lipinski definition) is 0. The van der Waals surface area contributed by atoms with Crippen molar-refractivity contribution < 1.29 is 4.39 Å². The van der Waals surface area contributed by atoms with Crippen molar-refractivity contribution in [3.8, 4) is 0 Å². The molecule has 1 aromatic rings. The maximum atomic E-state index is 12.4. The molecular formula is C13H15FN2O. The van der Waals surface area contributed by atoms with Gasteiger partial charge >= 0.3 is 0 Å². The molecule has 4 heteroatoms. The van der Waals surface area contributed by atoms with E-state index in [0.717, 1.165) is 0 Å². The van der Waals surface area contributed by atoms with Gasteiger partial charge in [0.2, 0.25) is 5.43 Å². The quantitative estimate of drug-likeness (QED) is 0.733. The van der Waals surface area contributed by atoms with Crippen molar-refractivity contribution in [2.24, 2.45) is 0 Å². The maximum absolute atomic E-state index is 12.4. The van der Waals surface area contributed by atoms with Gasteiger partial charge in [-0.1, -0.05) is 25.7 Å². The summed E-state index contributed by atoms with van der Waals surface area (Å²) in [6.45, 7) is 4.81. The van der Waals surface area contributed by atoms with E-state index in [2.05, 4.69) is 11.7 Å². The molecule has 0 atom stereocenters. The molecule has 1 heterocycles. The first-order valence-corrected chi connectivity index (χ1v) is 5.37. The molecule has 1 aromatic heterocycles. The predicted octanol–water partition coefficient (Wildman–Crippen LogP) is 2.36. The molecule has 0 aromatic carbocycles. The standard InChI is InChI=1S/C13H15FN2O/c1-3-5-6-11(7-9-14)16-10-8-13(17)12(4-2)15-16/h3,5-8,10H,1,4,9H2,2H3/b6-5-,11-7+. The fourth-order valence-electron chi connectivity index (χ4n) is 1.32. The van der Waals surface area contributed by atoms with Crippen LogP contribution in [-0.4, -0.2) is 16.5 Å². The van der Waals surface area contributed by atoms with E-state index < -0.39 is 6.67 Å². The SMILES string of the molecule is C=C/C=C\C(=C/CF)n1ccc(=O)c(CC)n1. The lowest BCUT2D eigenvalue weighted by atomic mass is 10.3. The number of nitrogens with zero attached hydrogens (tertiary/aromatic N) is 2. The highest BCUT2D eigenvalue weighted by Crippen LogP contribution is 2.04. The minimum absolute atomic E-state index is 0.101. The van der Waals surface area contributed by atoms with Crippen LogP contribution in [0.4, 0.5) is 4.39 Å². The smallest absolute Gasteiger partial charge is 0.203 e. The average molecular weight is 234 g/mol. The van der Waals surface area contributed by atoms with Gasteiger partial charge < -0.3 is 0 Å². The first kappa shape index (κ1) is 13.1. The molecule has 3 nitrogen and oxygen atoms in total. The lowest BCUT2D eigenvalue weighted by Gasteiger charge is -2.06. The van der Waals surface area contributed by atoms with Crippen LogP contribution in [0.25, 0.3) is 5.70 Å². The predicted molar refractivity (Wildman–Crippen MR) is 67.5 cm³/mol. The van der Waals surface area contributed by atoms with Gasteiger partial charge in [0, 0.05) is 12.3 Å². The Morgan fingerprint density at radius 1 is 1.65 bits per heavy atom. The summed E-state index contributed by atoms with van der Waals surface area (Å²) in [5.74, 6) is 0. The number of halogens is 1. The van der Waals surface area contributed by atoms with Gasteiger partial charge in [0.1, 0.15) is 12.4 Å². The Morgan fingerprint density at radius 2 is 2.41 bits per heavy atom. The summed E-state index contributed by atoms with van der Waals surface area (Å²) in [6, 6.07) is 1.43. The molecule has 0 aliphatic carbocycles. The number of aryl methyl sites for hydroxylation is 1. The van der Waals surface area contributed by atoms with E-state index in [9.17, 15) is 9.18 Å². The molecule has 0 amide bonds. The zero-order valence-electron chi connectivity index (χ0n) is 9.77. The molecule has 0 saturated carbocycles. The highest BCUT2D eigenvalue weighted by atomic mass is 19.1. The third-order valence-corrected chi connectivity index (χ3v) is 2.17. The van der Waals surface area contributed by atoms with Gasteiger partial charge in [0.05, 0.1) is 5.70 Å². The summed E-state index contributed by atoms with van der Waals surface area (Å²) >= 11 is 0. The number of rotatable bonds is 5. The second-order valence-electron chi connectivity index (χ2n) is 3.30. The van der Waals surface area contributed by atoms with Crippen LogP contribution in [0.1, 0.15) is 12.6 Å². The zero-order chi connectivity index (χ0) is 12.7. The Balaban J connectivity index is 3.19. The summed E-state index contributed by atoms with van der Waals surface area (Å²) in [6.07, 6.45) is 8.42. The normalized spacial score (nSPS) is 12.0. The van der Waals surface area contributed by atoms with Crippen molar-refractivity contribution >= 4 is 5.70 Å². The Morgan fingerprint density at radius 3 is 3.00 bits per heavy atom. The van der Waals surface area contributed by atoms with Crippen LogP contribution in [0.5, 0.6) is 0 Å². The molecule has 0 aliphatic heterocycles. The van der Waals surface area contributed by atoms with Crippen molar-refractivity contribution in [1.29, 1.82) is 0 Å². The summed E-state index contributed by atoms with van der Waals surface area (Å²) in [5.41, 5.74) is 0.933. The van der Waals surface area contributed by atoms with Crippen LogP contribution in [-0.2, 0) is 6.42 Å². The van der Waals surface area contributed by atoms with E-state index in [-0.39, 0.29) is 5.43 Å². The first-order valence-electron chi connectivity index (χ1n) is 5.37. The number of alkyl halides is 1. The van der Waals surface area contributed by atoms with Crippen molar-refractivity contribution in [3.05, 3.63) is 59.1 Å². The molecule has 0 aliphatic rings. The number of hydrogen-bond acceptors (Lipinski definition) is 2. The fraction of sp³-hybridized carbons (Fsp3) is 0.231. The molecule has 1 rings (SSSR count). The molecule has 0 N–H and O–H groups in total. The fourth-order valence-corrected chi connectivity index (χ4v) is 1.32. The zero-order valence-corrected chi connectivity index (χ0v) is 9.77. The van der Waals surface area contributed by atoms with Crippen molar-refractivity contribution in [1.82, 2.24) is 9.78 Å². The lowest BCUT2D eigenvalue weighted by Crippen LogP contribution is -2.15. The van der Waals surface area contributed by atoms with Gasteiger partial charge in [-0.25, -0.2) is 9.07 Å². The first-order chi connectivity index (χ1) is 8.22. The molecule has 17 heavy (non-hydrogen) atoms. The minimum Gasteiger partial charge on any atom is -0.288 e. The minimum atomic E-state index is -0.591. The molecule has 0 radical (unpaired) electrons. The van der Waals surface area contributed by atoms with Gasteiger partial charge in [-0.15, -0.1) is 0 Å². The van der Waals surface area contributed by atoms with E-state index in [1.54, 1.807) is 18.2 Å². The van der Waals surface area contributed by atoms with Crippen molar-refractivity contribution in [2.75, 3.05) is 6.67 Å². The van der Waals surface area contributed by atoms with E-state index in [1.807, 2.05) is 6.92 Å². The van der Waals surface area contributed by atoms with Gasteiger partial charge in [0.15, 0.2) is 0 Å². The molecular weight excluding hydrogens is 219 g/mol. The van der Waals surface area contributed by atoms with E-state index in [4.69, 9.17) is 0 Å². The van der Waals surface area contributed by atoms with Crippen LogP contribution in [0.2, 0.25) is 0 Å². The van der Waals surface area contributed by atoms with Crippen LogP contribution in [0.3, 0.4) is 0 Å². The van der Waals surface area contributed by atoms with Crippen LogP contribution in [0.15, 0.2) is 47.9 Å². The third-order valence-electron chi connectivity index (χ3n) is 2.17. The third kappa shape index (κ3) is 3.52. The maximum Gasteiger partial charge on any atom is 0.203 e. The lowest BCUT2D eigenvalue weighted by molar-refractivity contribution is 0.561. The Kier molecular flexibility index (Phi) is 5.07. The molecule has 0 spiro atoms. The van der Waals surface area contributed by atoms with Crippen LogP contribution >= 0.6 is 0 Å². The Labute approximate surface area is 99.6 Å². The number of aromatic nitrogens is 2. The molecule has 0 fully saturated rings. The second-order valence-corrected chi connectivity index (χ2v) is 3.30.